The molecule has 1 saturated heterocycles. The Labute approximate surface area is 193 Å². The number of methoxy groups -OCH3 is 2. The maximum atomic E-state index is 13.3. The molecule has 1 heterocycles. The van der Waals surface area contributed by atoms with Crippen molar-refractivity contribution in [3.63, 3.8) is 0 Å². The molecule has 3 aromatic rings. The van der Waals surface area contributed by atoms with Gasteiger partial charge in [-0.15, -0.1) is 0 Å². The van der Waals surface area contributed by atoms with Crippen LogP contribution in [0.25, 0.3) is 10.8 Å². The molecule has 2 amide bonds. The minimum Gasteiger partial charge on any atom is -0.506 e. The van der Waals surface area contributed by atoms with Gasteiger partial charge in [-0.1, -0.05) is 30.3 Å². The second-order valence-electron chi connectivity index (χ2n) is 8.21. The van der Waals surface area contributed by atoms with Crippen LogP contribution in [-0.2, 0) is 11.3 Å². The van der Waals surface area contributed by atoms with Gasteiger partial charge in [0.05, 0.1) is 19.8 Å². The fraction of sp³-hybridized carbons (Fsp3) is 0.308. The number of hydrogen-bond acceptors (Lipinski definition) is 5. The predicted molar refractivity (Wildman–Crippen MR) is 126 cm³/mol. The van der Waals surface area contributed by atoms with Crippen molar-refractivity contribution in [3.8, 4) is 17.2 Å². The number of hydrogen-bond donors (Lipinski definition) is 1. The SMILES string of the molecule is COc1ccc(CN(C)C(=O)C2CCCN2C(=O)c2ccc3ccccc3c2O)c(OC)c1. The minimum absolute atomic E-state index is 0.0486. The molecule has 33 heavy (non-hydrogen) atoms. The quantitative estimate of drug-likeness (QED) is 0.620. The summed E-state index contributed by atoms with van der Waals surface area (Å²) in [5.41, 5.74) is 1.06. The molecule has 7 heteroatoms. The first-order valence-electron chi connectivity index (χ1n) is 10.9. The highest BCUT2D eigenvalue weighted by molar-refractivity contribution is 6.05. The van der Waals surface area contributed by atoms with Crippen LogP contribution >= 0.6 is 0 Å². The van der Waals surface area contributed by atoms with Crippen molar-refractivity contribution in [2.45, 2.75) is 25.4 Å². The van der Waals surface area contributed by atoms with Gasteiger partial charge in [0.2, 0.25) is 5.91 Å². The lowest BCUT2D eigenvalue weighted by molar-refractivity contribution is -0.134. The van der Waals surface area contributed by atoms with E-state index in [1.54, 1.807) is 49.3 Å². The van der Waals surface area contributed by atoms with Crippen LogP contribution in [-0.4, -0.2) is 60.6 Å². The number of aromatic hydroxyl groups is 1. The molecule has 1 unspecified atom stereocenters. The molecule has 0 spiro atoms. The van der Waals surface area contributed by atoms with Crippen LogP contribution in [0, 0.1) is 0 Å². The maximum absolute atomic E-state index is 13.3. The monoisotopic (exact) mass is 448 g/mol. The molecule has 7 nitrogen and oxygen atoms in total. The van der Waals surface area contributed by atoms with Gasteiger partial charge < -0.3 is 24.4 Å². The fourth-order valence-electron chi connectivity index (χ4n) is 4.42. The summed E-state index contributed by atoms with van der Waals surface area (Å²) in [4.78, 5) is 29.8. The average molecular weight is 449 g/mol. The van der Waals surface area contributed by atoms with Crippen LogP contribution < -0.4 is 9.47 Å². The van der Waals surface area contributed by atoms with Crippen molar-refractivity contribution < 1.29 is 24.2 Å². The molecular formula is C26H28N2O5. The van der Waals surface area contributed by atoms with Crippen LogP contribution in [0.4, 0.5) is 0 Å². The number of amides is 2. The van der Waals surface area contributed by atoms with Gasteiger partial charge in [-0.25, -0.2) is 0 Å². The molecule has 1 aliphatic rings. The van der Waals surface area contributed by atoms with Crippen molar-refractivity contribution in [1.82, 2.24) is 9.80 Å². The van der Waals surface area contributed by atoms with Crippen LogP contribution in [0.5, 0.6) is 17.2 Å². The Morgan fingerprint density at radius 3 is 2.64 bits per heavy atom. The Morgan fingerprint density at radius 1 is 1.09 bits per heavy atom. The van der Waals surface area contributed by atoms with Crippen LogP contribution in [0.3, 0.4) is 0 Å². The molecule has 0 aromatic heterocycles. The van der Waals surface area contributed by atoms with E-state index in [0.29, 0.717) is 36.4 Å². The van der Waals surface area contributed by atoms with Crippen LogP contribution in [0.1, 0.15) is 28.8 Å². The van der Waals surface area contributed by atoms with E-state index in [1.165, 1.54) is 0 Å². The molecular weight excluding hydrogens is 420 g/mol. The van der Waals surface area contributed by atoms with E-state index in [1.807, 2.05) is 36.4 Å². The Balaban J connectivity index is 1.54. The second-order valence-corrected chi connectivity index (χ2v) is 8.21. The number of phenolic OH excluding ortho intramolecular Hbond substituents is 1. The van der Waals surface area contributed by atoms with Crippen molar-refractivity contribution >= 4 is 22.6 Å². The molecule has 0 radical (unpaired) electrons. The maximum Gasteiger partial charge on any atom is 0.258 e. The molecule has 1 aliphatic heterocycles. The average Bonchev–Trinajstić information content (AvgIpc) is 3.33. The number of nitrogens with zero attached hydrogens (tertiary/aromatic N) is 2. The van der Waals surface area contributed by atoms with Crippen molar-refractivity contribution in [2.75, 3.05) is 27.8 Å². The number of fused-ring (bicyclic) bond motifs is 1. The second kappa shape index (κ2) is 9.40. The van der Waals surface area contributed by atoms with Crippen LogP contribution in [0.15, 0.2) is 54.6 Å². The summed E-state index contributed by atoms with van der Waals surface area (Å²) >= 11 is 0. The van der Waals surface area contributed by atoms with Gasteiger partial charge in [0.1, 0.15) is 23.3 Å². The zero-order valence-corrected chi connectivity index (χ0v) is 19.1. The van der Waals surface area contributed by atoms with E-state index in [0.717, 1.165) is 17.4 Å². The molecule has 0 aliphatic carbocycles. The highest BCUT2D eigenvalue weighted by Crippen LogP contribution is 2.32. The largest absolute Gasteiger partial charge is 0.506 e. The lowest BCUT2D eigenvalue weighted by Crippen LogP contribution is -2.46. The van der Waals surface area contributed by atoms with E-state index < -0.39 is 6.04 Å². The molecule has 0 bridgehead atoms. The summed E-state index contributed by atoms with van der Waals surface area (Å²) < 4.78 is 10.7. The molecule has 1 fully saturated rings. The van der Waals surface area contributed by atoms with Crippen LogP contribution in [0.2, 0.25) is 0 Å². The Morgan fingerprint density at radius 2 is 1.88 bits per heavy atom. The van der Waals surface area contributed by atoms with Gasteiger partial charge in [0.25, 0.3) is 5.91 Å². The van der Waals surface area contributed by atoms with Gasteiger partial charge in [-0.3, -0.25) is 9.59 Å². The number of likely N-dealkylation sites (tertiary alicyclic amines) is 1. The van der Waals surface area contributed by atoms with Crippen molar-refractivity contribution in [2.24, 2.45) is 0 Å². The highest BCUT2D eigenvalue weighted by Gasteiger charge is 2.37. The number of carbonyl (C=O) groups is 2. The van der Waals surface area contributed by atoms with E-state index in [2.05, 4.69) is 0 Å². The summed E-state index contributed by atoms with van der Waals surface area (Å²) in [6.07, 6.45) is 1.32. The Bertz CT molecular complexity index is 1190. The number of carbonyl (C=O) groups excluding carboxylic acids is 2. The molecule has 4 rings (SSSR count). The van der Waals surface area contributed by atoms with E-state index in [9.17, 15) is 14.7 Å². The zero-order chi connectivity index (χ0) is 23.5. The summed E-state index contributed by atoms with van der Waals surface area (Å²) in [6.45, 7) is 0.812. The number of likely N-dealkylation sites (N-methyl/N-ethyl adjacent to an activating group) is 1. The van der Waals surface area contributed by atoms with Gasteiger partial charge in [0, 0.05) is 37.2 Å². The predicted octanol–water partition coefficient (Wildman–Crippen LogP) is 3.83. The minimum atomic E-state index is -0.572. The molecule has 1 atom stereocenters. The van der Waals surface area contributed by atoms with Crippen molar-refractivity contribution in [1.29, 1.82) is 0 Å². The summed E-state index contributed by atoms with van der Waals surface area (Å²) in [7, 11) is 4.89. The van der Waals surface area contributed by atoms with E-state index >= 15 is 0 Å². The molecule has 3 aromatic carbocycles. The fourth-order valence-corrected chi connectivity index (χ4v) is 4.42. The first-order chi connectivity index (χ1) is 15.9. The summed E-state index contributed by atoms with van der Waals surface area (Å²) in [5, 5.41) is 12.2. The standard InChI is InChI=1S/C26H28N2O5/c1-27(16-18-10-12-19(32-2)15-23(18)33-3)26(31)22-9-6-14-28(22)25(30)21-13-11-17-7-4-5-8-20(17)24(21)29/h4-5,7-8,10-13,15,22,29H,6,9,14,16H2,1-3H3. The molecule has 1 N–H and O–H groups in total. The first kappa shape index (κ1) is 22.5. The summed E-state index contributed by atoms with van der Waals surface area (Å²) in [6, 6.07) is 15.7. The third-order valence-corrected chi connectivity index (χ3v) is 6.21. The van der Waals surface area contributed by atoms with Gasteiger partial charge >= 0.3 is 0 Å². The number of ether oxygens (including phenoxy) is 2. The number of phenols is 1. The van der Waals surface area contributed by atoms with Gasteiger partial charge in [0.15, 0.2) is 0 Å². The van der Waals surface area contributed by atoms with Crippen molar-refractivity contribution in [3.05, 3.63) is 65.7 Å². The van der Waals surface area contributed by atoms with E-state index in [-0.39, 0.29) is 23.1 Å². The zero-order valence-electron chi connectivity index (χ0n) is 19.1. The first-order valence-corrected chi connectivity index (χ1v) is 10.9. The third-order valence-electron chi connectivity index (χ3n) is 6.21. The number of rotatable bonds is 6. The van der Waals surface area contributed by atoms with Gasteiger partial charge in [-0.2, -0.15) is 0 Å². The highest BCUT2D eigenvalue weighted by atomic mass is 16.5. The normalized spacial score (nSPS) is 15.5. The lowest BCUT2D eigenvalue weighted by atomic mass is 10.0. The topological polar surface area (TPSA) is 79.3 Å². The Kier molecular flexibility index (Phi) is 6.40. The van der Waals surface area contributed by atoms with E-state index in [4.69, 9.17) is 9.47 Å². The Hall–Kier alpha value is -3.74. The number of benzene rings is 3. The molecule has 0 saturated carbocycles. The smallest absolute Gasteiger partial charge is 0.258 e. The molecule has 172 valence electrons. The lowest BCUT2D eigenvalue weighted by Gasteiger charge is -2.29. The summed E-state index contributed by atoms with van der Waals surface area (Å²) in [5.74, 6) is 0.790. The third kappa shape index (κ3) is 4.31. The van der Waals surface area contributed by atoms with Gasteiger partial charge in [-0.05, 0) is 36.4 Å².